The number of carbonyl (C=O) groups is 1. The predicted molar refractivity (Wildman–Crippen MR) is 110 cm³/mol. The summed E-state index contributed by atoms with van der Waals surface area (Å²) in [6.07, 6.45) is 3.95. The number of hydrogen-bond donors (Lipinski definition) is 2. The van der Waals surface area contributed by atoms with Crippen molar-refractivity contribution in [3.05, 3.63) is 35.1 Å². The summed E-state index contributed by atoms with van der Waals surface area (Å²) in [7, 11) is 5.17. The topological polar surface area (TPSA) is 66.0 Å². The van der Waals surface area contributed by atoms with Crippen molar-refractivity contribution < 1.29 is 13.9 Å². The van der Waals surface area contributed by atoms with Crippen LogP contribution in [0.2, 0.25) is 0 Å². The van der Waals surface area contributed by atoms with Crippen molar-refractivity contribution in [3.63, 3.8) is 0 Å². The number of hydrogen-bond acceptors (Lipinski definition) is 3. The molecule has 1 amide bonds. The highest BCUT2D eigenvalue weighted by Crippen LogP contribution is 2.38. The fraction of sp³-hybridized carbons (Fsp3) is 0.619. The lowest BCUT2D eigenvalue weighted by molar-refractivity contribution is -0.138. The van der Waals surface area contributed by atoms with Gasteiger partial charge in [0.1, 0.15) is 5.82 Å². The van der Waals surface area contributed by atoms with E-state index in [-0.39, 0.29) is 23.7 Å². The van der Waals surface area contributed by atoms with Crippen molar-refractivity contribution in [1.82, 2.24) is 15.5 Å². The lowest BCUT2D eigenvalue weighted by atomic mass is 9.84. The summed E-state index contributed by atoms with van der Waals surface area (Å²) in [5, 5.41) is 6.58. The van der Waals surface area contributed by atoms with Crippen molar-refractivity contribution in [1.29, 1.82) is 0 Å². The molecule has 0 saturated heterocycles. The van der Waals surface area contributed by atoms with Crippen LogP contribution in [0.15, 0.2) is 23.2 Å². The molecule has 6 nitrogen and oxygen atoms in total. The van der Waals surface area contributed by atoms with Crippen molar-refractivity contribution in [2.24, 2.45) is 10.4 Å². The molecule has 2 N–H and O–H groups in total. The second-order valence-corrected chi connectivity index (χ2v) is 7.59. The Balaban J connectivity index is 2.08. The Morgan fingerprint density at radius 3 is 2.61 bits per heavy atom. The van der Waals surface area contributed by atoms with Gasteiger partial charge in [-0.25, -0.2) is 9.38 Å². The van der Waals surface area contributed by atoms with Crippen LogP contribution in [0.5, 0.6) is 0 Å². The Hall–Kier alpha value is -2.15. The number of guanidine groups is 1. The molecule has 0 radical (unpaired) electrons. The monoisotopic (exact) mass is 392 g/mol. The summed E-state index contributed by atoms with van der Waals surface area (Å²) in [6, 6.07) is 4.96. The lowest BCUT2D eigenvalue weighted by Crippen LogP contribution is -2.49. The zero-order valence-electron chi connectivity index (χ0n) is 17.5. The molecular weight excluding hydrogens is 359 g/mol. The largest absolute Gasteiger partial charge is 0.380 e. The number of amides is 1. The third-order valence-corrected chi connectivity index (χ3v) is 5.19. The van der Waals surface area contributed by atoms with Gasteiger partial charge in [0, 0.05) is 39.9 Å². The Morgan fingerprint density at radius 2 is 2.00 bits per heavy atom. The number of carbonyl (C=O) groups excluding carboxylic acids is 1. The van der Waals surface area contributed by atoms with Crippen LogP contribution >= 0.6 is 0 Å². The Kier molecular flexibility index (Phi) is 8.23. The molecule has 7 heteroatoms. The van der Waals surface area contributed by atoms with Gasteiger partial charge in [0.2, 0.25) is 5.91 Å². The Bertz CT molecular complexity index is 685. The fourth-order valence-corrected chi connectivity index (χ4v) is 3.75. The Morgan fingerprint density at radius 1 is 1.29 bits per heavy atom. The minimum atomic E-state index is -0.360. The average molecular weight is 393 g/mol. The van der Waals surface area contributed by atoms with E-state index in [1.807, 2.05) is 21.0 Å². The second-order valence-electron chi connectivity index (χ2n) is 7.59. The molecule has 1 aliphatic rings. The Labute approximate surface area is 167 Å². The van der Waals surface area contributed by atoms with Gasteiger partial charge in [0.05, 0.1) is 18.6 Å². The van der Waals surface area contributed by atoms with Crippen LogP contribution in [0.4, 0.5) is 4.39 Å². The predicted octanol–water partition coefficient (Wildman–Crippen LogP) is 2.68. The molecule has 28 heavy (non-hydrogen) atoms. The van der Waals surface area contributed by atoms with Gasteiger partial charge in [-0.15, -0.1) is 0 Å². The molecule has 0 heterocycles. The van der Waals surface area contributed by atoms with Crippen molar-refractivity contribution in [2.75, 3.05) is 34.3 Å². The van der Waals surface area contributed by atoms with Crippen LogP contribution in [0.25, 0.3) is 0 Å². The molecule has 0 aliphatic heterocycles. The summed E-state index contributed by atoms with van der Waals surface area (Å²) in [5.74, 6) is 0.569. The molecule has 1 aliphatic carbocycles. The number of rotatable bonds is 8. The van der Waals surface area contributed by atoms with E-state index in [0.717, 1.165) is 37.8 Å². The summed E-state index contributed by atoms with van der Waals surface area (Å²) in [5.41, 5.74) is 1.07. The average Bonchev–Trinajstić information content (AvgIpc) is 3.16. The first kappa shape index (κ1) is 22.1. The van der Waals surface area contributed by atoms with Crippen molar-refractivity contribution in [2.45, 2.75) is 45.8 Å². The smallest absolute Gasteiger partial charge is 0.230 e. The molecule has 0 bridgehead atoms. The quantitative estimate of drug-likeness (QED) is 0.527. The van der Waals surface area contributed by atoms with Crippen LogP contribution in [-0.4, -0.2) is 51.1 Å². The minimum absolute atomic E-state index is 0.177. The van der Waals surface area contributed by atoms with Gasteiger partial charge in [0.15, 0.2) is 5.96 Å². The number of aliphatic imine (C=N–C) groups is 1. The van der Waals surface area contributed by atoms with Gasteiger partial charge in [-0.3, -0.25) is 4.79 Å². The third-order valence-electron chi connectivity index (χ3n) is 5.19. The van der Waals surface area contributed by atoms with Crippen LogP contribution < -0.4 is 10.6 Å². The SMILES string of the molecule is CCNC(=NCc1ccc(F)c(COC)c1)NCC1(C(=O)N(C)C)CCCC1. The molecule has 156 valence electrons. The second kappa shape index (κ2) is 10.4. The molecular formula is C21H33FN4O2. The van der Waals surface area contributed by atoms with Gasteiger partial charge >= 0.3 is 0 Å². The molecule has 2 rings (SSSR count). The van der Waals surface area contributed by atoms with Gasteiger partial charge in [0.25, 0.3) is 0 Å². The van der Waals surface area contributed by atoms with E-state index in [4.69, 9.17) is 4.74 Å². The number of ether oxygens (including phenoxy) is 1. The van der Waals surface area contributed by atoms with E-state index < -0.39 is 0 Å². The standard InChI is InChI=1S/C21H33FN4O2/c1-5-23-20(24-13-16-8-9-18(22)17(12-16)14-28-4)25-15-21(10-6-7-11-21)19(27)26(2)3/h8-9,12H,5-7,10-11,13-15H2,1-4H3,(H2,23,24,25). The molecule has 0 atom stereocenters. The molecule has 1 aromatic carbocycles. The zero-order valence-corrected chi connectivity index (χ0v) is 17.5. The summed E-state index contributed by atoms with van der Waals surface area (Å²) >= 11 is 0. The van der Waals surface area contributed by atoms with E-state index in [0.29, 0.717) is 24.6 Å². The fourth-order valence-electron chi connectivity index (χ4n) is 3.75. The third kappa shape index (κ3) is 5.67. The van der Waals surface area contributed by atoms with E-state index in [1.54, 1.807) is 24.1 Å². The highest BCUT2D eigenvalue weighted by atomic mass is 19.1. The lowest BCUT2D eigenvalue weighted by Gasteiger charge is -2.31. The zero-order chi connectivity index (χ0) is 20.6. The van der Waals surface area contributed by atoms with Crippen molar-refractivity contribution in [3.8, 4) is 0 Å². The number of benzene rings is 1. The number of halogens is 1. The van der Waals surface area contributed by atoms with Gasteiger partial charge in [-0.2, -0.15) is 0 Å². The number of nitrogens with zero attached hydrogens (tertiary/aromatic N) is 2. The first-order valence-corrected chi connectivity index (χ1v) is 9.92. The molecule has 1 fully saturated rings. The number of methoxy groups -OCH3 is 1. The number of nitrogens with one attached hydrogen (secondary N) is 2. The molecule has 0 aromatic heterocycles. The molecule has 0 unspecified atom stereocenters. The van der Waals surface area contributed by atoms with Crippen molar-refractivity contribution >= 4 is 11.9 Å². The summed E-state index contributed by atoms with van der Waals surface area (Å²) < 4.78 is 18.8. The van der Waals surface area contributed by atoms with Crippen LogP contribution in [0.3, 0.4) is 0 Å². The maximum absolute atomic E-state index is 13.8. The van der Waals surface area contributed by atoms with Gasteiger partial charge in [-0.05, 0) is 37.5 Å². The van der Waals surface area contributed by atoms with E-state index in [9.17, 15) is 9.18 Å². The first-order chi connectivity index (χ1) is 13.4. The van der Waals surface area contributed by atoms with E-state index >= 15 is 0 Å². The highest BCUT2D eigenvalue weighted by Gasteiger charge is 2.42. The molecule has 1 saturated carbocycles. The first-order valence-electron chi connectivity index (χ1n) is 9.92. The van der Waals surface area contributed by atoms with Crippen LogP contribution in [0.1, 0.15) is 43.7 Å². The van der Waals surface area contributed by atoms with E-state index in [1.165, 1.54) is 6.07 Å². The van der Waals surface area contributed by atoms with Gasteiger partial charge < -0.3 is 20.3 Å². The molecule has 0 spiro atoms. The maximum Gasteiger partial charge on any atom is 0.230 e. The van der Waals surface area contributed by atoms with Crippen LogP contribution in [-0.2, 0) is 22.7 Å². The van der Waals surface area contributed by atoms with Gasteiger partial charge in [-0.1, -0.05) is 18.9 Å². The summed E-state index contributed by atoms with van der Waals surface area (Å²) in [6.45, 7) is 3.94. The van der Waals surface area contributed by atoms with E-state index in [2.05, 4.69) is 15.6 Å². The summed E-state index contributed by atoms with van der Waals surface area (Å²) in [4.78, 5) is 19.0. The maximum atomic E-state index is 13.8. The van der Waals surface area contributed by atoms with Crippen LogP contribution in [0, 0.1) is 11.2 Å². The molecule has 1 aromatic rings. The highest BCUT2D eigenvalue weighted by molar-refractivity contribution is 5.85. The minimum Gasteiger partial charge on any atom is -0.380 e. The normalized spacial score (nSPS) is 16.1.